The predicted molar refractivity (Wildman–Crippen MR) is 78.5 cm³/mol. The first kappa shape index (κ1) is 14.3. The van der Waals surface area contributed by atoms with E-state index in [9.17, 15) is 4.79 Å². The molecule has 2 N–H and O–H groups in total. The third-order valence-corrected chi connectivity index (χ3v) is 5.03. The second-order valence-corrected chi connectivity index (χ2v) is 6.60. The van der Waals surface area contributed by atoms with Gasteiger partial charge in [-0.3, -0.25) is 4.79 Å². The van der Waals surface area contributed by atoms with Gasteiger partial charge in [-0.25, -0.2) is 4.98 Å². The van der Waals surface area contributed by atoms with Gasteiger partial charge in [0.15, 0.2) is 11.3 Å². The van der Waals surface area contributed by atoms with Gasteiger partial charge in [0.25, 0.3) is 0 Å². The molecule has 21 heavy (non-hydrogen) atoms. The van der Waals surface area contributed by atoms with Crippen LogP contribution in [0.4, 0.5) is 5.13 Å². The number of anilines is 1. The Bertz CT molecular complexity index is 541. The monoisotopic (exact) mass is 306 g/mol. The van der Waals surface area contributed by atoms with Gasteiger partial charge in [-0.1, -0.05) is 11.3 Å². The largest absolute Gasteiger partial charge is 0.373 e. The van der Waals surface area contributed by atoms with Gasteiger partial charge >= 0.3 is 0 Å². The van der Waals surface area contributed by atoms with E-state index >= 15 is 0 Å². The number of rotatable bonds is 4. The molecule has 0 bridgehead atoms. The maximum atomic E-state index is 12.0. The summed E-state index contributed by atoms with van der Waals surface area (Å²) >= 11 is 1.49. The van der Waals surface area contributed by atoms with Gasteiger partial charge < -0.3 is 15.4 Å². The highest BCUT2D eigenvalue weighted by Crippen LogP contribution is 2.34. The van der Waals surface area contributed by atoms with Crippen molar-refractivity contribution in [3.63, 3.8) is 0 Å². The van der Waals surface area contributed by atoms with Crippen molar-refractivity contribution in [2.24, 2.45) is 5.92 Å². The minimum Gasteiger partial charge on any atom is -0.373 e. The molecule has 1 aliphatic heterocycles. The topological polar surface area (TPSA) is 87.0 Å². The minimum absolute atomic E-state index is 0.00328. The lowest BCUT2D eigenvalue weighted by molar-refractivity contribution is -0.122. The fraction of sp³-hybridized carbons (Fsp3) is 0.643. The van der Waals surface area contributed by atoms with E-state index in [1.54, 1.807) is 6.20 Å². The van der Waals surface area contributed by atoms with Crippen molar-refractivity contribution in [3.05, 3.63) is 11.1 Å². The van der Waals surface area contributed by atoms with E-state index in [-0.39, 0.29) is 24.0 Å². The molecule has 2 fully saturated rings. The van der Waals surface area contributed by atoms with E-state index in [0.717, 1.165) is 24.3 Å². The molecule has 0 unspecified atom stereocenters. The van der Waals surface area contributed by atoms with Crippen molar-refractivity contribution in [2.45, 2.75) is 44.2 Å². The summed E-state index contributed by atoms with van der Waals surface area (Å²) < 4.78 is 5.72. The van der Waals surface area contributed by atoms with E-state index < -0.39 is 0 Å². The molecule has 2 aliphatic rings. The Hall–Kier alpha value is -1.65. The van der Waals surface area contributed by atoms with Crippen LogP contribution in [-0.4, -0.2) is 23.5 Å². The normalized spacial score (nSPS) is 28.2. The third-order valence-electron chi connectivity index (χ3n) is 4.03. The molecule has 1 amide bonds. The number of hydrogen-bond acceptors (Lipinski definition) is 6. The molecule has 1 aromatic rings. The number of carbonyl (C=O) groups is 1. The number of ether oxygens (including phenoxy) is 1. The highest BCUT2D eigenvalue weighted by molar-refractivity contribution is 7.15. The van der Waals surface area contributed by atoms with Crippen LogP contribution in [0.5, 0.6) is 0 Å². The van der Waals surface area contributed by atoms with Crippen LogP contribution in [0, 0.1) is 17.4 Å². The Labute approximate surface area is 127 Å². The van der Waals surface area contributed by atoms with Gasteiger partial charge in [0.2, 0.25) is 5.91 Å². The number of nitrogens with zero attached hydrogens (tertiary/aromatic N) is 2. The highest BCUT2D eigenvalue weighted by atomic mass is 32.1. The number of carbonyl (C=O) groups excluding carboxylic acids is 1. The molecule has 6 nitrogen and oxygen atoms in total. The second-order valence-electron chi connectivity index (χ2n) is 5.53. The van der Waals surface area contributed by atoms with Gasteiger partial charge in [-0.05, 0) is 32.1 Å². The SMILES string of the molecule is N#CNC1CC(C(=O)Nc2ncc([C@@H]3CCCCO3)s2)C1. The zero-order valence-electron chi connectivity index (χ0n) is 11.7. The molecule has 1 atom stereocenters. The summed E-state index contributed by atoms with van der Waals surface area (Å²) in [5.74, 6) is -0.0226. The number of nitriles is 1. The Balaban J connectivity index is 1.50. The van der Waals surface area contributed by atoms with Gasteiger partial charge in [-0.2, -0.15) is 5.26 Å². The highest BCUT2D eigenvalue weighted by Gasteiger charge is 2.34. The molecule has 0 spiro atoms. The molecule has 0 aromatic carbocycles. The molecule has 1 saturated carbocycles. The maximum Gasteiger partial charge on any atom is 0.229 e. The van der Waals surface area contributed by atoms with E-state index in [0.29, 0.717) is 18.0 Å². The number of amides is 1. The average molecular weight is 306 g/mol. The molecular weight excluding hydrogens is 288 g/mol. The quantitative estimate of drug-likeness (QED) is 0.657. The van der Waals surface area contributed by atoms with Gasteiger partial charge in [-0.15, -0.1) is 0 Å². The van der Waals surface area contributed by atoms with Crippen LogP contribution in [0.2, 0.25) is 0 Å². The fourth-order valence-corrected chi connectivity index (χ4v) is 3.61. The first-order chi connectivity index (χ1) is 10.3. The number of nitrogens with one attached hydrogen (secondary N) is 2. The lowest BCUT2D eigenvalue weighted by Gasteiger charge is -2.32. The summed E-state index contributed by atoms with van der Waals surface area (Å²) in [5.41, 5.74) is 0. The zero-order chi connectivity index (χ0) is 14.7. The Kier molecular flexibility index (Phi) is 4.36. The van der Waals surface area contributed by atoms with Crippen LogP contribution in [0.1, 0.15) is 43.1 Å². The molecule has 1 aromatic heterocycles. The summed E-state index contributed by atoms with van der Waals surface area (Å²) in [5, 5.41) is 14.7. The molecule has 0 radical (unpaired) electrons. The Morgan fingerprint density at radius 1 is 1.48 bits per heavy atom. The fourth-order valence-electron chi connectivity index (χ4n) is 2.71. The van der Waals surface area contributed by atoms with Crippen molar-refractivity contribution in [3.8, 4) is 6.19 Å². The standard InChI is InChI=1S/C14H18N4O2S/c15-8-17-10-5-9(6-10)13(19)18-14-16-7-12(21-14)11-3-1-2-4-20-11/h7,9-11,17H,1-6H2,(H,16,18,19)/t9?,10?,11-/m0/s1. The van der Waals surface area contributed by atoms with Gasteiger partial charge in [0.05, 0.1) is 11.0 Å². The number of hydrogen-bond donors (Lipinski definition) is 2. The smallest absolute Gasteiger partial charge is 0.229 e. The first-order valence-corrected chi connectivity index (χ1v) is 8.10. The van der Waals surface area contributed by atoms with Crippen LogP contribution < -0.4 is 10.6 Å². The molecule has 1 saturated heterocycles. The summed E-state index contributed by atoms with van der Waals surface area (Å²) in [4.78, 5) is 17.4. The average Bonchev–Trinajstić information content (AvgIpc) is 2.91. The first-order valence-electron chi connectivity index (χ1n) is 7.29. The minimum atomic E-state index is -0.0193. The summed E-state index contributed by atoms with van der Waals surface area (Å²) in [6.45, 7) is 0.805. The van der Waals surface area contributed by atoms with Crippen molar-refractivity contribution in [2.75, 3.05) is 11.9 Å². The van der Waals surface area contributed by atoms with Crippen LogP contribution in [-0.2, 0) is 9.53 Å². The van der Waals surface area contributed by atoms with Crippen LogP contribution >= 0.6 is 11.3 Å². The van der Waals surface area contributed by atoms with Crippen LogP contribution in [0.3, 0.4) is 0 Å². The lowest BCUT2D eigenvalue weighted by atomic mass is 9.80. The molecule has 3 rings (SSSR count). The summed E-state index contributed by atoms with van der Waals surface area (Å²) in [7, 11) is 0. The van der Waals surface area contributed by atoms with Crippen molar-refractivity contribution in [1.29, 1.82) is 5.26 Å². The van der Waals surface area contributed by atoms with E-state index in [2.05, 4.69) is 15.6 Å². The summed E-state index contributed by atoms with van der Waals surface area (Å²) in [6, 6.07) is 0.147. The molecular formula is C14H18N4O2S. The van der Waals surface area contributed by atoms with E-state index in [1.807, 2.05) is 6.19 Å². The molecule has 112 valence electrons. The van der Waals surface area contributed by atoms with Crippen molar-refractivity contribution < 1.29 is 9.53 Å². The second kappa shape index (κ2) is 6.41. The summed E-state index contributed by atoms with van der Waals surface area (Å²) in [6.07, 6.45) is 8.60. The number of thiazole rings is 1. The van der Waals surface area contributed by atoms with Crippen LogP contribution in [0.15, 0.2) is 6.20 Å². The van der Waals surface area contributed by atoms with Crippen LogP contribution in [0.25, 0.3) is 0 Å². The number of aromatic nitrogens is 1. The Morgan fingerprint density at radius 3 is 3.05 bits per heavy atom. The molecule has 7 heteroatoms. The van der Waals surface area contributed by atoms with E-state index in [4.69, 9.17) is 10.00 Å². The zero-order valence-corrected chi connectivity index (χ0v) is 12.5. The van der Waals surface area contributed by atoms with Gasteiger partial charge in [0, 0.05) is 24.8 Å². The molecule has 2 heterocycles. The van der Waals surface area contributed by atoms with Crippen molar-refractivity contribution >= 4 is 22.4 Å². The lowest BCUT2D eigenvalue weighted by Crippen LogP contribution is -2.44. The van der Waals surface area contributed by atoms with Gasteiger partial charge in [0.1, 0.15) is 0 Å². The maximum absolute atomic E-state index is 12.0. The molecule has 1 aliphatic carbocycles. The Morgan fingerprint density at radius 2 is 2.33 bits per heavy atom. The predicted octanol–water partition coefficient (Wildman–Crippen LogP) is 2.17. The van der Waals surface area contributed by atoms with Crippen molar-refractivity contribution in [1.82, 2.24) is 10.3 Å². The van der Waals surface area contributed by atoms with E-state index in [1.165, 1.54) is 17.8 Å². The third kappa shape index (κ3) is 3.34.